The van der Waals surface area contributed by atoms with E-state index >= 15 is 0 Å². The zero-order valence-electron chi connectivity index (χ0n) is 8.89. The standard InChI is InChI=1S/C10H5Br2Cl3F4/c11-2-3(12)1-4-6(16)8(18)5(10(13,14)15)9(19)7(4)17/h3H,1-2H2/t3-/m1/s1. The molecule has 0 spiro atoms. The van der Waals surface area contributed by atoms with Crippen molar-refractivity contribution in [2.24, 2.45) is 0 Å². The lowest BCUT2D eigenvalue weighted by atomic mass is 10.0. The summed E-state index contributed by atoms with van der Waals surface area (Å²) in [4.78, 5) is -0.408. The van der Waals surface area contributed by atoms with Crippen molar-refractivity contribution >= 4 is 66.7 Å². The fraction of sp³-hybridized carbons (Fsp3) is 0.400. The lowest BCUT2D eigenvalue weighted by molar-refractivity contribution is 0.427. The zero-order valence-corrected chi connectivity index (χ0v) is 14.3. The molecule has 9 heteroatoms. The molecule has 0 aliphatic rings. The van der Waals surface area contributed by atoms with Crippen LogP contribution in [0, 0.1) is 23.3 Å². The van der Waals surface area contributed by atoms with Crippen molar-refractivity contribution < 1.29 is 17.6 Å². The van der Waals surface area contributed by atoms with Crippen LogP contribution in [0.2, 0.25) is 0 Å². The van der Waals surface area contributed by atoms with E-state index in [1.165, 1.54) is 0 Å². The van der Waals surface area contributed by atoms with Crippen LogP contribution >= 0.6 is 66.7 Å². The molecule has 0 unspecified atom stereocenters. The molecule has 0 aliphatic carbocycles. The maximum absolute atomic E-state index is 13.7. The van der Waals surface area contributed by atoms with Crippen LogP contribution in [0.15, 0.2) is 0 Å². The van der Waals surface area contributed by atoms with Gasteiger partial charge in [-0.1, -0.05) is 66.7 Å². The van der Waals surface area contributed by atoms with E-state index in [9.17, 15) is 17.6 Å². The Kier molecular flexibility index (Phi) is 6.27. The highest BCUT2D eigenvalue weighted by Gasteiger charge is 2.37. The van der Waals surface area contributed by atoms with Crippen LogP contribution in [0.5, 0.6) is 0 Å². The SMILES string of the molecule is Fc1c(F)c(C(Cl)(Cl)Cl)c(F)c(F)c1C[C@@H](Br)CBr. The molecular weight excluding hydrogens is 462 g/mol. The van der Waals surface area contributed by atoms with Crippen molar-refractivity contribution in [2.45, 2.75) is 15.0 Å². The summed E-state index contributed by atoms with van der Waals surface area (Å²) < 4.78 is 52.3. The molecule has 0 radical (unpaired) electrons. The zero-order chi connectivity index (χ0) is 15.0. The summed E-state index contributed by atoms with van der Waals surface area (Å²) >= 11 is 22.0. The van der Waals surface area contributed by atoms with Gasteiger partial charge in [-0.2, -0.15) is 0 Å². The van der Waals surface area contributed by atoms with Crippen molar-refractivity contribution in [2.75, 3.05) is 5.33 Å². The predicted molar refractivity (Wildman–Crippen MR) is 75.7 cm³/mol. The van der Waals surface area contributed by atoms with Crippen LogP contribution in [0.3, 0.4) is 0 Å². The van der Waals surface area contributed by atoms with E-state index in [2.05, 4.69) is 31.9 Å². The van der Waals surface area contributed by atoms with Crippen molar-refractivity contribution in [1.82, 2.24) is 0 Å². The van der Waals surface area contributed by atoms with Crippen molar-refractivity contribution in [1.29, 1.82) is 0 Å². The molecular formula is C10H5Br2Cl3F4. The van der Waals surface area contributed by atoms with E-state index in [0.717, 1.165) is 0 Å². The molecule has 1 aromatic carbocycles. The molecule has 0 saturated heterocycles. The lowest BCUT2D eigenvalue weighted by Gasteiger charge is -2.17. The maximum atomic E-state index is 13.7. The van der Waals surface area contributed by atoms with Crippen LogP contribution in [0.25, 0.3) is 0 Å². The summed E-state index contributed by atoms with van der Waals surface area (Å²) in [5, 5.41) is 0.335. The van der Waals surface area contributed by atoms with Gasteiger partial charge in [-0.3, -0.25) is 0 Å². The third kappa shape index (κ3) is 3.90. The van der Waals surface area contributed by atoms with Gasteiger partial charge in [0.1, 0.15) is 0 Å². The molecule has 0 saturated carbocycles. The van der Waals surface area contributed by atoms with Gasteiger partial charge in [-0.25, -0.2) is 17.6 Å². The van der Waals surface area contributed by atoms with E-state index in [-0.39, 0.29) is 6.42 Å². The molecule has 0 bridgehead atoms. The minimum Gasteiger partial charge on any atom is -0.203 e. The first-order chi connectivity index (χ1) is 8.61. The topological polar surface area (TPSA) is 0 Å². The second-order valence-electron chi connectivity index (χ2n) is 3.56. The highest BCUT2D eigenvalue weighted by molar-refractivity contribution is 9.12. The number of rotatable bonds is 3. The Morgan fingerprint density at radius 3 is 1.68 bits per heavy atom. The van der Waals surface area contributed by atoms with E-state index in [1.54, 1.807) is 0 Å². The van der Waals surface area contributed by atoms with Crippen LogP contribution in [-0.4, -0.2) is 10.2 Å². The molecule has 1 aromatic rings. The molecule has 108 valence electrons. The minimum atomic E-state index is -2.60. The summed E-state index contributed by atoms with van der Waals surface area (Å²) in [7, 11) is 0. The minimum absolute atomic E-state index is 0.267. The average molecular weight is 467 g/mol. The number of benzene rings is 1. The van der Waals surface area contributed by atoms with Crippen LogP contribution < -0.4 is 0 Å². The molecule has 1 atom stereocenters. The Balaban J connectivity index is 3.48. The van der Waals surface area contributed by atoms with E-state index in [0.29, 0.717) is 5.33 Å². The fourth-order valence-electron chi connectivity index (χ4n) is 1.38. The van der Waals surface area contributed by atoms with Gasteiger partial charge in [0.15, 0.2) is 23.3 Å². The summed E-state index contributed by atoms with van der Waals surface area (Å²) in [6.07, 6.45) is -0.267. The summed E-state index contributed by atoms with van der Waals surface area (Å²) in [5.41, 5.74) is -2.00. The lowest BCUT2D eigenvalue weighted by Crippen LogP contribution is -2.17. The van der Waals surface area contributed by atoms with Gasteiger partial charge < -0.3 is 0 Å². The molecule has 1 rings (SSSR count). The highest BCUT2D eigenvalue weighted by Crippen LogP contribution is 2.43. The molecule has 0 aromatic heterocycles. The predicted octanol–water partition coefficient (Wildman–Crippen LogP) is 5.77. The smallest absolute Gasteiger partial charge is 0.203 e. The summed E-state index contributed by atoms with van der Waals surface area (Å²) in [5.74, 6) is -6.54. The number of alkyl halides is 5. The fourth-order valence-corrected chi connectivity index (χ4v) is 2.43. The van der Waals surface area contributed by atoms with Crippen LogP contribution in [0.4, 0.5) is 17.6 Å². The van der Waals surface area contributed by atoms with Crippen LogP contribution in [0.1, 0.15) is 11.1 Å². The average Bonchev–Trinajstić information content (AvgIpc) is 2.30. The normalized spacial score (nSPS) is 13.7. The first kappa shape index (κ1) is 17.8. The number of hydrogen-bond acceptors (Lipinski definition) is 0. The van der Waals surface area contributed by atoms with E-state index < -0.39 is 43.0 Å². The van der Waals surface area contributed by atoms with Gasteiger partial charge >= 0.3 is 0 Å². The van der Waals surface area contributed by atoms with Gasteiger partial charge in [0.05, 0.1) is 5.56 Å². The Morgan fingerprint density at radius 2 is 1.37 bits per heavy atom. The molecule has 0 amide bonds. The van der Waals surface area contributed by atoms with Gasteiger partial charge in [-0.05, 0) is 6.42 Å². The molecule has 0 fully saturated rings. The van der Waals surface area contributed by atoms with E-state index in [1.807, 2.05) is 0 Å². The monoisotopic (exact) mass is 464 g/mol. The van der Waals surface area contributed by atoms with Gasteiger partial charge in [-0.15, -0.1) is 0 Å². The van der Waals surface area contributed by atoms with E-state index in [4.69, 9.17) is 34.8 Å². The third-order valence-corrected chi connectivity index (χ3v) is 5.10. The number of halogens is 9. The second kappa shape index (κ2) is 6.69. The Labute approximate surface area is 138 Å². The first-order valence-electron chi connectivity index (χ1n) is 4.73. The molecule has 0 heterocycles. The maximum Gasteiger partial charge on any atom is 0.221 e. The third-order valence-electron chi connectivity index (χ3n) is 2.23. The Hall–Kier alpha value is 0.770. The van der Waals surface area contributed by atoms with Gasteiger partial charge in [0.25, 0.3) is 0 Å². The summed E-state index contributed by atoms with van der Waals surface area (Å²) in [6.45, 7) is 0. The quantitative estimate of drug-likeness (QED) is 0.301. The summed E-state index contributed by atoms with van der Waals surface area (Å²) in [6, 6.07) is 0. The van der Waals surface area contributed by atoms with Gasteiger partial charge in [0.2, 0.25) is 3.79 Å². The Morgan fingerprint density at radius 1 is 0.947 bits per heavy atom. The van der Waals surface area contributed by atoms with Gasteiger partial charge in [0, 0.05) is 15.7 Å². The van der Waals surface area contributed by atoms with Crippen molar-refractivity contribution in [3.63, 3.8) is 0 Å². The molecule has 0 nitrogen and oxygen atoms in total. The largest absolute Gasteiger partial charge is 0.221 e. The molecule has 0 aliphatic heterocycles. The highest BCUT2D eigenvalue weighted by atomic mass is 79.9. The van der Waals surface area contributed by atoms with Crippen molar-refractivity contribution in [3.05, 3.63) is 34.4 Å². The second-order valence-corrected chi connectivity index (χ2v) is 7.79. The molecule has 0 N–H and O–H groups in total. The first-order valence-corrected chi connectivity index (χ1v) is 7.90. The number of hydrogen-bond donors (Lipinski definition) is 0. The Bertz CT molecular complexity index is 462. The van der Waals surface area contributed by atoms with Crippen LogP contribution in [-0.2, 0) is 10.2 Å². The molecule has 19 heavy (non-hydrogen) atoms. The van der Waals surface area contributed by atoms with Crippen molar-refractivity contribution in [3.8, 4) is 0 Å².